The molecule has 0 amide bonds. The molecule has 0 saturated heterocycles. The SMILES string of the molecule is Cc1ccc(-c2cc(COc3c(F)c(F)cc(F)c3F)on2)cc1. The monoisotopic (exact) mass is 337 g/mol. The molecule has 0 aliphatic rings. The van der Waals surface area contributed by atoms with Gasteiger partial charge in [-0.1, -0.05) is 35.0 Å². The zero-order valence-corrected chi connectivity index (χ0v) is 12.4. The standard InChI is InChI=1S/C17H11F4NO2/c1-9-2-4-10(5-3-9)14-6-11(24-22-14)8-23-17-15(20)12(18)7-13(19)16(17)21/h2-7H,8H2,1H3. The lowest BCUT2D eigenvalue weighted by Crippen LogP contribution is -2.03. The van der Waals surface area contributed by atoms with E-state index in [2.05, 4.69) is 5.16 Å². The van der Waals surface area contributed by atoms with E-state index in [1.165, 1.54) is 6.07 Å². The summed E-state index contributed by atoms with van der Waals surface area (Å²) < 4.78 is 63.0. The Kier molecular flexibility index (Phi) is 4.24. The molecule has 24 heavy (non-hydrogen) atoms. The normalized spacial score (nSPS) is 10.9. The first-order chi connectivity index (χ1) is 11.5. The second-order valence-corrected chi connectivity index (χ2v) is 5.13. The predicted octanol–water partition coefficient (Wildman–Crippen LogP) is 4.79. The van der Waals surface area contributed by atoms with Crippen molar-refractivity contribution in [1.29, 1.82) is 0 Å². The van der Waals surface area contributed by atoms with Crippen molar-refractivity contribution in [2.45, 2.75) is 13.5 Å². The van der Waals surface area contributed by atoms with Gasteiger partial charge in [0.05, 0.1) is 0 Å². The van der Waals surface area contributed by atoms with Crippen molar-refractivity contribution in [3.8, 4) is 17.0 Å². The molecule has 124 valence electrons. The largest absolute Gasteiger partial charge is 0.479 e. The minimum Gasteiger partial charge on any atom is -0.479 e. The van der Waals surface area contributed by atoms with E-state index in [1.54, 1.807) is 0 Å². The quantitative estimate of drug-likeness (QED) is 0.507. The number of hydrogen-bond acceptors (Lipinski definition) is 3. The number of halogens is 4. The van der Waals surface area contributed by atoms with Crippen LogP contribution < -0.4 is 4.74 Å². The molecule has 0 bridgehead atoms. The molecule has 7 heteroatoms. The zero-order valence-electron chi connectivity index (χ0n) is 12.4. The lowest BCUT2D eigenvalue weighted by atomic mass is 10.1. The van der Waals surface area contributed by atoms with Gasteiger partial charge in [-0.25, -0.2) is 8.78 Å². The molecular weight excluding hydrogens is 326 g/mol. The molecule has 3 rings (SSSR count). The van der Waals surface area contributed by atoms with Crippen LogP contribution in [0.15, 0.2) is 40.9 Å². The maximum Gasteiger partial charge on any atom is 0.203 e. The number of aryl methyl sites for hydroxylation is 1. The van der Waals surface area contributed by atoms with Gasteiger partial charge in [0.2, 0.25) is 11.6 Å². The lowest BCUT2D eigenvalue weighted by molar-refractivity contribution is 0.224. The van der Waals surface area contributed by atoms with Gasteiger partial charge in [0, 0.05) is 17.7 Å². The molecule has 0 atom stereocenters. The second kappa shape index (κ2) is 6.35. The summed E-state index contributed by atoms with van der Waals surface area (Å²) >= 11 is 0. The van der Waals surface area contributed by atoms with E-state index in [4.69, 9.17) is 9.26 Å². The zero-order chi connectivity index (χ0) is 17.3. The number of nitrogens with zero attached hydrogens (tertiary/aromatic N) is 1. The highest BCUT2D eigenvalue weighted by Gasteiger charge is 2.21. The molecule has 0 N–H and O–H groups in total. The van der Waals surface area contributed by atoms with E-state index in [0.717, 1.165) is 11.1 Å². The fourth-order valence-electron chi connectivity index (χ4n) is 2.06. The molecule has 0 unspecified atom stereocenters. The van der Waals surface area contributed by atoms with Crippen LogP contribution in [0.3, 0.4) is 0 Å². The topological polar surface area (TPSA) is 35.3 Å². The average Bonchev–Trinajstić information content (AvgIpc) is 3.02. The molecule has 0 radical (unpaired) electrons. The van der Waals surface area contributed by atoms with Crippen LogP contribution in [0.5, 0.6) is 5.75 Å². The number of ether oxygens (including phenoxy) is 1. The Morgan fingerprint density at radius 3 is 2.21 bits per heavy atom. The first-order valence-corrected chi connectivity index (χ1v) is 6.94. The Bertz CT molecular complexity index is 849. The summed E-state index contributed by atoms with van der Waals surface area (Å²) in [6.45, 7) is 1.50. The van der Waals surface area contributed by atoms with Crippen molar-refractivity contribution < 1.29 is 26.8 Å². The molecule has 0 saturated carbocycles. The van der Waals surface area contributed by atoms with Gasteiger partial charge in [0.15, 0.2) is 23.1 Å². The van der Waals surface area contributed by atoms with Crippen LogP contribution in [0, 0.1) is 30.2 Å². The highest BCUT2D eigenvalue weighted by Crippen LogP contribution is 2.28. The van der Waals surface area contributed by atoms with E-state index >= 15 is 0 Å². The average molecular weight is 337 g/mol. The van der Waals surface area contributed by atoms with Crippen LogP contribution in [0.2, 0.25) is 0 Å². The smallest absolute Gasteiger partial charge is 0.203 e. The van der Waals surface area contributed by atoms with Gasteiger partial charge in [-0.2, -0.15) is 8.78 Å². The van der Waals surface area contributed by atoms with Crippen molar-refractivity contribution in [2.24, 2.45) is 0 Å². The first kappa shape index (κ1) is 16.0. The molecule has 0 aliphatic heterocycles. The van der Waals surface area contributed by atoms with Crippen LogP contribution in [-0.2, 0) is 6.61 Å². The second-order valence-electron chi connectivity index (χ2n) is 5.13. The summed E-state index contributed by atoms with van der Waals surface area (Å²) in [5.74, 6) is -7.28. The first-order valence-electron chi connectivity index (χ1n) is 6.94. The number of benzene rings is 2. The molecule has 0 aliphatic carbocycles. The van der Waals surface area contributed by atoms with Crippen molar-refractivity contribution >= 4 is 0 Å². The van der Waals surface area contributed by atoms with Crippen LogP contribution in [0.4, 0.5) is 17.6 Å². The molecule has 3 nitrogen and oxygen atoms in total. The third-order valence-electron chi connectivity index (χ3n) is 3.34. The third kappa shape index (κ3) is 3.10. The maximum atomic E-state index is 13.5. The van der Waals surface area contributed by atoms with Gasteiger partial charge in [0.25, 0.3) is 0 Å². The number of hydrogen-bond donors (Lipinski definition) is 0. The highest BCUT2D eigenvalue weighted by atomic mass is 19.2. The highest BCUT2D eigenvalue weighted by molar-refractivity contribution is 5.59. The van der Waals surface area contributed by atoms with Crippen LogP contribution in [0.25, 0.3) is 11.3 Å². The number of rotatable bonds is 4. The summed E-state index contributed by atoms with van der Waals surface area (Å²) in [7, 11) is 0. The molecule has 1 heterocycles. The lowest BCUT2D eigenvalue weighted by Gasteiger charge is -2.07. The van der Waals surface area contributed by atoms with Crippen LogP contribution >= 0.6 is 0 Å². The van der Waals surface area contributed by atoms with Gasteiger partial charge in [-0.05, 0) is 6.92 Å². The van der Waals surface area contributed by atoms with Gasteiger partial charge in [-0.3, -0.25) is 0 Å². The van der Waals surface area contributed by atoms with Crippen LogP contribution in [0.1, 0.15) is 11.3 Å². The Hall–Kier alpha value is -2.83. The Morgan fingerprint density at radius 2 is 1.58 bits per heavy atom. The van der Waals surface area contributed by atoms with E-state index in [-0.39, 0.29) is 11.8 Å². The Morgan fingerprint density at radius 1 is 0.958 bits per heavy atom. The van der Waals surface area contributed by atoms with E-state index < -0.39 is 35.6 Å². The van der Waals surface area contributed by atoms with Gasteiger partial charge in [-0.15, -0.1) is 0 Å². The van der Waals surface area contributed by atoms with E-state index in [9.17, 15) is 17.6 Å². The molecule has 3 aromatic rings. The predicted molar refractivity (Wildman–Crippen MR) is 77.3 cm³/mol. The fraction of sp³-hybridized carbons (Fsp3) is 0.118. The molecular formula is C17H11F4NO2. The summed E-state index contributed by atoms with van der Waals surface area (Å²) in [5, 5.41) is 3.82. The van der Waals surface area contributed by atoms with Gasteiger partial charge in [0.1, 0.15) is 12.3 Å². The van der Waals surface area contributed by atoms with Gasteiger partial charge < -0.3 is 9.26 Å². The van der Waals surface area contributed by atoms with Crippen molar-refractivity contribution in [2.75, 3.05) is 0 Å². The van der Waals surface area contributed by atoms with Crippen molar-refractivity contribution in [3.63, 3.8) is 0 Å². The molecule has 0 spiro atoms. The summed E-state index contributed by atoms with van der Waals surface area (Å²) in [6, 6.07) is 9.07. The Labute approximate surface area is 134 Å². The minimum absolute atomic E-state index is 0.113. The molecule has 1 aromatic heterocycles. The minimum atomic E-state index is -1.60. The number of aromatic nitrogens is 1. The van der Waals surface area contributed by atoms with Crippen LogP contribution in [-0.4, -0.2) is 5.16 Å². The van der Waals surface area contributed by atoms with Crippen molar-refractivity contribution in [1.82, 2.24) is 5.16 Å². The Balaban J connectivity index is 1.78. The third-order valence-corrected chi connectivity index (χ3v) is 3.34. The summed E-state index contributed by atoms with van der Waals surface area (Å²) in [6.07, 6.45) is 0. The summed E-state index contributed by atoms with van der Waals surface area (Å²) in [4.78, 5) is 0. The van der Waals surface area contributed by atoms with Gasteiger partial charge >= 0.3 is 0 Å². The van der Waals surface area contributed by atoms with E-state index in [0.29, 0.717) is 5.69 Å². The maximum absolute atomic E-state index is 13.5. The molecule has 0 fully saturated rings. The van der Waals surface area contributed by atoms with Crippen molar-refractivity contribution in [3.05, 3.63) is 71.0 Å². The molecule has 2 aromatic carbocycles. The van der Waals surface area contributed by atoms with E-state index in [1.807, 2.05) is 31.2 Å². The fourth-order valence-corrected chi connectivity index (χ4v) is 2.06. The summed E-state index contributed by atoms with van der Waals surface area (Å²) in [5.41, 5.74) is 2.36.